The number of anilines is 1. The van der Waals surface area contributed by atoms with Crippen LogP contribution in [0.5, 0.6) is 11.6 Å². The number of benzene rings is 1. The largest absolute Gasteiger partial charge is 0.438 e. The normalized spacial score (nSPS) is 10.8. The van der Waals surface area contributed by atoms with E-state index in [0.29, 0.717) is 17.5 Å². The van der Waals surface area contributed by atoms with Gasteiger partial charge in [-0.2, -0.15) is 15.1 Å². The molecular weight excluding hydrogens is 266 g/mol. The SMILES string of the molecule is CCNc1nc(Oc2cccc(CC)c2)c2cn[nH]c2n1. The van der Waals surface area contributed by atoms with Gasteiger partial charge >= 0.3 is 0 Å². The molecule has 21 heavy (non-hydrogen) atoms. The van der Waals surface area contributed by atoms with Gasteiger partial charge in [0.05, 0.1) is 6.20 Å². The van der Waals surface area contributed by atoms with Gasteiger partial charge in [0.2, 0.25) is 11.8 Å². The summed E-state index contributed by atoms with van der Waals surface area (Å²) in [6.07, 6.45) is 2.63. The molecule has 0 aliphatic carbocycles. The van der Waals surface area contributed by atoms with Gasteiger partial charge in [-0.3, -0.25) is 5.10 Å². The van der Waals surface area contributed by atoms with Crippen molar-refractivity contribution in [1.29, 1.82) is 0 Å². The van der Waals surface area contributed by atoms with Crippen molar-refractivity contribution in [2.45, 2.75) is 20.3 Å². The first-order valence-electron chi connectivity index (χ1n) is 7.02. The molecule has 0 amide bonds. The lowest BCUT2D eigenvalue weighted by Gasteiger charge is -2.09. The van der Waals surface area contributed by atoms with Crippen LogP contribution < -0.4 is 10.1 Å². The topological polar surface area (TPSA) is 75.7 Å². The van der Waals surface area contributed by atoms with E-state index >= 15 is 0 Å². The third kappa shape index (κ3) is 2.79. The number of aromatic amines is 1. The summed E-state index contributed by atoms with van der Waals surface area (Å²) in [5.74, 6) is 1.78. The lowest BCUT2D eigenvalue weighted by atomic mass is 10.2. The van der Waals surface area contributed by atoms with E-state index in [1.165, 1.54) is 5.56 Å². The Balaban J connectivity index is 1.99. The zero-order valence-electron chi connectivity index (χ0n) is 12.1. The van der Waals surface area contributed by atoms with Gasteiger partial charge < -0.3 is 10.1 Å². The van der Waals surface area contributed by atoms with E-state index in [4.69, 9.17) is 4.74 Å². The number of ether oxygens (including phenoxy) is 1. The Morgan fingerprint density at radius 1 is 1.24 bits per heavy atom. The number of nitrogens with zero attached hydrogens (tertiary/aromatic N) is 3. The van der Waals surface area contributed by atoms with Gasteiger partial charge in [0.15, 0.2) is 5.65 Å². The molecule has 0 unspecified atom stereocenters. The van der Waals surface area contributed by atoms with Crippen molar-refractivity contribution < 1.29 is 4.74 Å². The number of aromatic nitrogens is 4. The minimum absolute atomic E-state index is 0.498. The van der Waals surface area contributed by atoms with Gasteiger partial charge in [0, 0.05) is 6.54 Å². The number of hydrogen-bond acceptors (Lipinski definition) is 5. The van der Waals surface area contributed by atoms with E-state index in [-0.39, 0.29) is 0 Å². The Kier molecular flexibility index (Phi) is 3.68. The van der Waals surface area contributed by atoms with Gasteiger partial charge in [-0.15, -0.1) is 0 Å². The molecule has 0 saturated heterocycles. The monoisotopic (exact) mass is 283 g/mol. The average Bonchev–Trinajstić information content (AvgIpc) is 2.96. The van der Waals surface area contributed by atoms with Crippen molar-refractivity contribution in [2.24, 2.45) is 0 Å². The third-order valence-corrected chi connectivity index (χ3v) is 3.13. The van der Waals surface area contributed by atoms with Crippen LogP contribution in [0.2, 0.25) is 0 Å². The summed E-state index contributed by atoms with van der Waals surface area (Å²) >= 11 is 0. The summed E-state index contributed by atoms with van der Waals surface area (Å²) in [7, 11) is 0. The molecule has 0 atom stereocenters. The summed E-state index contributed by atoms with van der Waals surface area (Å²) < 4.78 is 5.93. The molecule has 3 rings (SSSR count). The number of rotatable bonds is 5. The number of hydrogen-bond donors (Lipinski definition) is 2. The van der Waals surface area contributed by atoms with Crippen molar-refractivity contribution in [3.05, 3.63) is 36.0 Å². The molecule has 0 aliphatic rings. The Morgan fingerprint density at radius 3 is 2.95 bits per heavy atom. The van der Waals surface area contributed by atoms with E-state index in [2.05, 4.69) is 38.5 Å². The van der Waals surface area contributed by atoms with E-state index in [0.717, 1.165) is 24.1 Å². The fourth-order valence-corrected chi connectivity index (χ4v) is 2.06. The molecule has 1 aromatic carbocycles. The second-order valence-corrected chi connectivity index (χ2v) is 4.62. The van der Waals surface area contributed by atoms with Gasteiger partial charge in [-0.1, -0.05) is 19.1 Å². The molecule has 0 saturated carbocycles. The summed E-state index contributed by atoms with van der Waals surface area (Å²) in [6.45, 7) is 4.84. The predicted molar refractivity (Wildman–Crippen MR) is 81.7 cm³/mol. The van der Waals surface area contributed by atoms with E-state index in [9.17, 15) is 0 Å². The maximum absolute atomic E-state index is 5.93. The van der Waals surface area contributed by atoms with Gasteiger partial charge in [-0.25, -0.2) is 0 Å². The van der Waals surface area contributed by atoms with Crippen LogP contribution in [0.3, 0.4) is 0 Å². The molecule has 108 valence electrons. The summed E-state index contributed by atoms with van der Waals surface area (Å²) in [5, 5.41) is 10.7. The van der Waals surface area contributed by atoms with Crippen LogP contribution in [-0.4, -0.2) is 26.7 Å². The van der Waals surface area contributed by atoms with Crippen LogP contribution in [0.4, 0.5) is 5.95 Å². The molecule has 6 heteroatoms. The number of nitrogens with one attached hydrogen (secondary N) is 2. The van der Waals surface area contributed by atoms with Crippen molar-refractivity contribution in [2.75, 3.05) is 11.9 Å². The predicted octanol–water partition coefficient (Wildman–Crippen LogP) is 3.14. The van der Waals surface area contributed by atoms with Crippen molar-refractivity contribution in [1.82, 2.24) is 20.2 Å². The number of fused-ring (bicyclic) bond motifs is 1. The van der Waals surface area contributed by atoms with Gasteiger partial charge in [0.1, 0.15) is 11.1 Å². The van der Waals surface area contributed by atoms with Crippen LogP contribution in [0.1, 0.15) is 19.4 Å². The Hall–Kier alpha value is -2.63. The Morgan fingerprint density at radius 2 is 2.14 bits per heavy atom. The lowest BCUT2D eigenvalue weighted by Crippen LogP contribution is -2.03. The first-order chi connectivity index (χ1) is 10.3. The highest BCUT2D eigenvalue weighted by molar-refractivity contribution is 5.80. The van der Waals surface area contributed by atoms with Crippen LogP contribution in [0.25, 0.3) is 11.0 Å². The molecule has 0 radical (unpaired) electrons. The van der Waals surface area contributed by atoms with Gasteiger partial charge in [0.25, 0.3) is 0 Å². The average molecular weight is 283 g/mol. The van der Waals surface area contributed by atoms with Crippen LogP contribution in [0.15, 0.2) is 30.5 Å². The van der Waals surface area contributed by atoms with Crippen molar-refractivity contribution in [3.8, 4) is 11.6 Å². The molecule has 2 heterocycles. The van der Waals surface area contributed by atoms with Gasteiger partial charge in [-0.05, 0) is 31.0 Å². The smallest absolute Gasteiger partial charge is 0.235 e. The second-order valence-electron chi connectivity index (χ2n) is 4.62. The maximum atomic E-state index is 5.93. The zero-order chi connectivity index (χ0) is 14.7. The van der Waals surface area contributed by atoms with Crippen LogP contribution in [-0.2, 0) is 6.42 Å². The fraction of sp³-hybridized carbons (Fsp3) is 0.267. The summed E-state index contributed by atoms with van der Waals surface area (Å²) in [5.41, 5.74) is 1.87. The molecule has 2 aromatic heterocycles. The van der Waals surface area contributed by atoms with E-state index in [1.54, 1.807) is 6.20 Å². The Bertz CT molecular complexity index is 753. The molecule has 0 fully saturated rings. The lowest BCUT2D eigenvalue weighted by molar-refractivity contribution is 0.468. The molecule has 6 nitrogen and oxygen atoms in total. The van der Waals surface area contributed by atoms with Crippen molar-refractivity contribution >= 4 is 17.0 Å². The zero-order valence-corrected chi connectivity index (χ0v) is 12.1. The Labute approximate surface area is 122 Å². The van der Waals surface area contributed by atoms with E-state index < -0.39 is 0 Å². The van der Waals surface area contributed by atoms with Crippen LogP contribution in [0, 0.1) is 0 Å². The summed E-state index contributed by atoms with van der Waals surface area (Å²) in [6, 6.07) is 7.98. The highest BCUT2D eigenvalue weighted by Gasteiger charge is 2.11. The third-order valence-electron chi connectivity index (χ3n) is 3.13. The summed E-state index contributed by atoms with van der Waals surface area (Å²) in [4.78, 5) is 8.75. The highest BCUT2D eigenvalue weighted by Crippen LogP contribution is 2.27. The fourth-order valence-electron chi connectivity index (χ4n) is 2.06. The first-order valence-corrected chi connectivity index (χ1v) is 7.02. The quantitative estimate of drug-likeness (QED) is 0.752. The van der Waals surface area contributed by atoms with Crippen molar-refractivity contribution in [3.63, 3.8) is 0 Å². The molecule has 2 N–H and O–H groups in total. The molecule has 3 aromatic rings. The standard InChI is InChI=1S/C15H17N5O/c1-3-10-6-5-7-11(8-10)21-14-12-9-17-20-13(12)18-15(19-14)16-4-2/h5-9H,3-4H2,1-2H3,(H2,16,17,18,19,20). The molecule has 0 bridgehead atoms. The second kappa shape index (κ2) is 5.78. The van der Waals surface area contributed by atoms with Crippen LogP contribution >= 0.6 is 0 Å². The molecular formula is C15H17N5O. The minimum Gasteiger partial charge on any atom is -0.438 e. The molecule has 0 aliphatic heterocycles. The minimum atomic E-state index is 0.498. The highest BCUT2D eigenvalue weighted by atomic mass is 16.5. The van der Waals surface area contributed by atoms with E-state index in [1.807, 2.05) is 25.1 Å². The number of H-pyrrole nitrogens is 1. The first kappa shape index (κ1) is 13.4. The molecule has 0 spiro atoms. The number of aryl methyl sites for hydroxylation is 1. The maximum Gasteiger partial charge on any atom is 0.235 e.